The number of amides is 1. The van der Waals surface area contributed by atoms with Crippen molar-refractivity contribution in [3.05, 3.63) is 65.0 Å². The van der Waals surface area contributed by atoms with Crippen molar-refractivity contribution in [3.63, 3.8) is 0 Å². The van der Waals surface area contributed by atoms with Crippen molar-refractivity contribution in [2.24, 2.45) is 0 Å². The molecular formula is C23H22FNO5. The van der Waals surface area contributed by atoms with Gasteiger partial charge in [-0.05, 0) is 48.7 Å². The summed E-state index contributed by atoms with van der Waals surface area (Å²) in [6.45, 7) is 0. The molecule has 1 saturated carbocycles. The van der Waals surface area contributed by atoms with Crippen molar-refractivity contribution in [3.8, 4) is 11.5 Å². The normalized spacial score (nSPS) is 21.4. The molecule has 1 atom stereocenters. The minimum Gasteiger partial charge on any atom is -0.508 e. The summed E-state index contributed by atoms with van der Waals surface area (Å²) >= 11 is 0. The third-order valence-corrected chi connectivity index (χ3v) is 5.82. The topological polar surface area (TPSA) is 87.1 Å². The van der Waals surface area contributed by atoms with Crippen molar-refractivity contribution in [1.82, 2.24) is 4.90 Å². The van der Waals surface area contributed by atoms with Crippen LogP contribution in [0.5, 0.6) is 11.5 Å². The highest BCUT2D eigenvalue weighted by Gasteiger charge is 2.49. The molecule has 1 aliphatic heterocycles. The smallest absolute Gasteiger partial charge is 0.295 e. The number of phenols is 1. The maximum absolute atomic E-state index is 13.9. The number of nitrogens with zero attached hydrogens (tertiary/aromatic N) is 1. The molecule has 2 aromatic rings. The average molecular weight is 411 g/mol. The van der Waals surface area contributed by atoms with E-state index in [2.05, 4.69) is 0 Å². The Morgan fingerprint density at radius 2 is 1.77 bits per heavy atom. The number of likely N-dealkylation sites (tertiary alicyclic amines) is 1. The predicted molar refractivity (Wildman–Crippen MR) is 107 cm³/mol. The van der Waals surface area contributed by atoms with E-state index >= 15 is 0 Å². The van der Waals surface area contributed by atoms with Gasteiger partial charge in [0.1, 0.15) is 23.1 Å². The molecule has 30 heavy (non-hydrogen) atoms. The highest BCUT2D eigenvalue weighted by atomic mass is 19.1. The molecule has 2 N–H and O–H groups in total. The van der Waals surface area contributed by atoms with E-state index in [1.807, 2.05) is 0 Å². The van der Waals surface area contributed by atoms with Crippen LogP contribution in [0.3, 0.4) is 0 Å². The molecule has 6 nitrogen and oxygen atoms in total. The number of hydrogen-bond donors (Lipinski definition) is 2. The monoisotopic (exact) mass is 411 g/mol. The van der Waals surface area contributed by atoms with Gasteiger partial charge in [-0.3, -0.25) is 9.59 Å². The van der Waals surface area contributed by atoms with Crippen molar-refractivity contribution in [2.75, 3.05) is 7.11 Å². The Kier molecular flexibility index (Phi) is 5.20. The van der Waals surface area contributed by atoms with E-state index in [-0.39, 0.29) is 28.7 Å². The zero-order valence-electron chi connectivity index (χ0n) is 16.5. The van der Waals surface area contributed by atoms with E-state index in [0.29, 0.717) is 5.56 Å². The van der Waals surface area contributed by atoms with Crippen molar-refractivity contribution >= 4 is 17.4 Å². The third-order valence-electron chi connectivity index (χ3n) is 5.82. The zero-order chi connectivity index (χ0) is 21.4. The molecule has 4 rings (SSSR count). The summed E-state index contributed by atoms with van der Waals surface area (Å²) in [5.41, 5.74) is 0.475. The number of ketones is 1. The summed E-state index contributed by atoms with van der Waals surface area (Å²) in [5.74, 6) is -2.36. The number of methoxy groups -OCH3 is 1. The first-order valence-electron chi connectivity index (χ1n) is 9.85. The fourth-order valence-corrected chi connectivity index (χ4v) is 4.40. The fraction of sp³-hybridized carbons (Fsp3) is 0.304. The Morgan fingerprint density at radius 3 is 2.40 bits per heavy atom. The summed E-state index contributed by atoms with van der Waals surface area (Å²) in [5, 5.41) is 20.7. The number of carbonyl (C=O) groups excluding carboxylic acids is 2. The van der Waals surface area contributed by atoms with Gasteiger partial charge in [0.25, 0.3) is 11.7 Å². The van der Waals surface area contributed by atoms with Crippen LogP contribution in [0.2, 0.25) is 0 Å². The van der Waals surface area contributed by atoms with Crippen LogP contribution in [-0.4, -0.2) is 40.0 Å². The van der Waals surface area contributed by atoms with Crippen LogP contribution < -0.4 is 4.74 Å². The molecule has 1 aliphatic carbocycles. The lowest BCUT2D eigenvalue weighted by atomic mass is 9.94. The molecule has 1 unspecified atom stereocenters. The first-order valence-corrected chi connectivity index (χ1v) is 9.85. The number of rotatable bonds is 4. The maximum atomic E-state index is 13.9. The summed E-state index contributed by atoms with van der Waals surface area (Å²) in [6.07, 6.45) is 3.44. The second kappa shape index (κ2) is 7.82. The molecule has 1 saturated heterocycles. The van der Waals surface area contributed by atoms with Gasteiger partial charge in [-0.25, -0.2) is 4.39 Å². The van der Waals surface area contributed by atoms with E-state index in [1.165, 1.54) is 36.3 Å². The summed E-state index contributed by atoms with van der Waals surface area (Å²) < 4.78 is 19.1. The molecule has 156 valence electrons. The Balaban J connectivity index is 1.92. The Labute approximate surface area is 173 Å². The predicted octanol–water partition coefficient (Wildman–Crippen LogP) is 3.90. The Hall–Kier alpha value is -3.35. The molecule has 7 heteroatoms. The molecular weight excluding hydrogens is 389 g/mol. The highest BCUT2D eigenvalue weighted by molar-refractivity contribution is 6.46. The van der Waals surface area contributed by atoms with Crippen molar-refractivity contribution < 1.29 is 28.9 Å². The van der Waals surface area contributed by atoms with Crippen LogP contribution in [-0.2, 0) is 9.59 Å². The highest BCUT2D eigenvalue weighted by Crippen LogP contribution is 2.44. The average Bonchev–Trinajstić information content (AvgIpc) is 3.35. The second-order valence-corrected chi connectivity index (χ2v) is 7.58. The number of carbonyl (C=O) groups is 2. The second-order valence-electron chi connectivity index (χ2n) is 7.58. The molecule has 1 heterocycles. The zero-order valence-corrected chi connectivity index (χ0v) is 16.5. The first-order chi connectivity index (χ1) is 14.4. The van der Waals surface area contributed by atoms with Gasteiger partial charge in [-0.15, -0.1) is 0 Å². The van der Waals surface area contributed by atoms with Crippen molar-refractivity contribution in [2.45, 2.75) is 37.8 Å². The van der Waals surface area contributed by atoms with E-state index in [0.717, 1.165) is 31.7 Å². The third kappa shape index (κ3) is 3.30. The molecule has 1 amide bonds. The number of hydrogen-bond acceptors (Lipinski definition) is 5. The molecule has 0 radical (unpaired) electrons. The lowest BCUT2D eigenvalue weighted by molar-refractivity contribution is -0.141. The van der Waals surface area contributed by atoms with Gasteiger partial charge in [0, 0.05) is 6.04 Å². The Bertz CT molecular complexity index is 1020. The molecule has 2 aliphatic rings. The van der Waals surface area contributed by atoms with Crippen LogP contribution in [0.4, 0.5) is 4.39 Å². The van der Waals surface area contributed by atoms with Gasteiger partial charge in [-0.2, -0.15) is 0 Å². The summed E-state index contributed by atoms with van der Waals surface area (Å²) in [4.78, 5) is 27.5. The van der Waals surface area contributed by atoms with Crippen molar-refractivity contribution in [1.29, 1.82) is 0 Å². The number of aliphatic hydroxyl groups is 1. The van der Waals surface area contributed by atoms with E-state index in [4.69, 9.17) is 4.74 Å². The number of benzene rings is 2. The van der Waals surface area contributed by atoms with E-state index in [9.17, 15) is 24.2 Å². The molecule has 2 aromatic carbocycles. The minimum atomic E-state index is -0.832. The Morgan fingerprint density at radius 1 is 1.10 bits per heavy atom. The number of aromatic hydroxyl groups is 1. The standard InChI is InChI=1S/C23H22FNO5/c1-30-18-11-8-14(24)12-17(18)21(27)19-20(13-6-9-16(26)10-7-13)25(23(29)22(19)28)15-4-2-3-5-15/h6-12,15,20,26-27H,2-5H2,1H3/b21-19+. The lowest BCUT2D eigenvalue weighted by Crippen LogP contribution is -2.37. The number of aliphatic hydroxyl groups excluding tert-OH is 1. The lowest BCUT2D eigenvalue weighted by Gasteiger charge is -2.30. The van der Waals surface area contributed by atoms with Gasteiger partial charge in [0.2, 0.25) is 0 Å². The largest absolute Gasteiger partial charge is 0.508 e. The summed E-state index contributed by atoms with van der Waals surface area (Å²) in [6, 6.07) is 8.82. The summed E-state index contributed by atoms with van der Waals surface area (Å²) in [7, 11) is 1.37. The quantitative estimate of drug-likeness (QED) is 0.453. The van der Waals surface area contributed by atoms with Crippen LogP contribution >= 0.6 is 0 Å². The SMILES string of the molecule is COc1ccc(F)cc1/C(O)=C1\C(=O)C(=O)N(C2CCCC2)C1c1ccc(O)cc1. The van der Waals surface area contributed by atoms with Crippen LogP contribution in [0.1, 0.15) is 42.9 Å². The van der Waals surface area contributed by atoms with Gasteiger partial charge >= 0.3 is 0 Å². The molecule has 0 spiro atoms. The molecule has 0 bridgehead atoms. The number of phenolic OH excluding ortho intramolecular Hbond substituents is 1. The van der Waals surface area contributed by atoms with E-state index < -0.39 is 29.3 Å². The molecule has 2 fully saturated rings. The van der Waals surface area contributed by atoms with E-state index in [1.54, 1.807) is 12.1 Å². The number of halogens is 1. The van der Waals surface area contributed by atoms with Gasteiger partial charge in [0.15, 0.2) is 0 Å². The van der Waals surface area contributed by atoms with Crippen LogP contribution in [0, 0.1) is 5.82 Å². The fourth-order valence-electron chi connectivity index (χ4n) is 4.40. The minimum absolute atomic E-state index is 0.00528. The first kappa shape index (κ1) is 19.9. The molecule has 0 aromatic heterocycles. The van der Waals surface area contributed by atoms with Gasteiger partial charge in [0.05, 0.1) is 24.3 Å². The maximum Gasteiger partial charge on any atom is 0.295 e. The van der Waals surface area contributed by atoms with Crippen LogP contribution in [0.15, 0.2) is 48.0 Å². The van der Waals surface area contributed by atoms with Gasteiger partial charge in [-0.1, -0.05) is 25.0 Å². The number of Topliss-reactive ketones (excluding diaryl/α,β-unsaturated/α-hetero) is 1. The number of ether oxygens (including phenoxy) is 1. The van der Waals surface area contributed by atoms with Crippen LogP contribution in [0.25, 0.3) is 5.76 Å². The van der Waals surface area contributed by atoms with Gasteiger partial charge < -0.3 is 19.8 Å².